The molecule has 0 spiro atoms. The van der Waals surface area contributed by atoms with E-state index in [2.05, 4.69) is 48.4 Å². The van der Waals surface area contributed by atoms with Crippen molar-refractivity contribution < 1.29 is 9.84 Å². The van der Waals surface area contributed by atoms with E-state index in [-0.39, 0.29) is 12.0 Å². The van der Waals surface area contributed by atoms with E-state index in [9.17, 15) is 5.11 Å². The Morgan fingerprint density at radius 2 is 1.88 bits per heavy atom. The number of phenolic OH excluding ortho intramolecular Hbond substituents is 1. The van der Waals surface area contributed by atoms with Crippen molar-refractivity contribution in [2.45, 2.75) is 40.2 Å². The molecule has 1 N–H and O–H groups in total. The number of hydrogen-bond acceptors (Lipinski definition) is 3. The maximum atomic E-state index is 10.4. The molecule has 0 fully saturated rings. The van der Waals surface area contributed by atoms with Crippen molar-refractivity contribution >= 4 is 21.4 Å². The molecule has 2 heterocycles. The molecular formula is C23H22O2S. The average molecular weight is 362 g/mol. The third-order valence-corrected chi connectivity index (χ3v) is 6.47. The fraction of sp³-hybridized carbons (Fsp3) is 0.304. The molecule has 0 aliphatic carbocycles. The van der Waals surface area contributed by atoms with Gasteiger partial charge in [0.15, 0.2) is 0 Å². The number of ether oxygens (including phenoxy) is 1. The van der Waals surface area contributed by atoms with Gasteiger partial charge < -0.3 is 9.84 Å². The summed E-state index contributed by atoms with van der Waals surface area (Å²) in [5, 5.41) is 13.8. The highest BCUT2D eigenvalue weighted by Crippen LogP contribution is 2.42. The average Bonchev–Trinajstić information content (AvgIpc) is 3.06. The maximum Gasteiger partial charge on any atom is 0.126 e. The Labute approximate surface area is 158 Å². The van der Waals surface area contributed by atoms with Gasteiger partial charge in [0.05, 0.1) is 5.92 Å². The Bertz CT molecular complexity index is 1070. The van der Waals surface area contributed by atoms with Crippen molar-refractivity contribution in [1.82, 2.24) is 0 Å². The Morgan fingerprint density at radius 1 is 1.12 bits per heavy atom. The van der Waals surface area contributed by atoms with Crippen LogP contribution in [-0.4, -0.2) is 11.2 Å². The van der Waals surface area contributed by atoms with E-state index in [0.29, 0.717) is 5.75 Å². The standard InChI is InChI=1S/C23H22O2S/c1-13-14(2)23-20(15(3)22(13)24)11-17(16(4)25-23)9-10-18-12-26-21-8-6-5-7-19(18)21/h5-8,12,16-17,24H,11H2,1-4H3/t16-,17?/m0/s1. The first-order valence-electron chi connectivity index (χ1n) is 8.93. The molecule has 4 rings (SSSR count). The monoisotopic (exact) mass is 362 g/mol. The van der Waals surface area contributed by atoms with Gasteiger partial charge in [-0.2, -0.15) is 0 Å². The number of phenols is 1. The van der Waals surface area contributed by atoms with E-state index in [1.165, 1.54) is 10.1 Å². The zero-order valence-electron chi connectivity index (χ0n) is 15.5. The van der Waals surface area contributed by atoms with Crippen molar-refractivity contribution in [3.05, 3.63) is 57.5 Å². The molecule has 1 aromatic heterocycles. The lowest BCUT2D eigenvalue weighted by molar-refractivity contribution is 0.156. The molecule has 0 saturated heterocycles. The fourth-order valence-corrected chi connectivity index (χ4v) is 4.53. The lowest BCUT2D eigenvalue weighted by Gasteiger charge is -2.32. The van der Waals surface area contributed by atoms with Crippen molar-refractivity contribution in [1.29, 1.82) is 0 Å². The highest BCUT2D eigenvalue weighted by Gasteiger charge is 2.30. The van der Waals surface area contributed by atoms with Gasteiger partial charge in [0.25, 0.3) is 0 Å². The Balaban J connectivity index is 1.71. The number of hydrogen-bond donors (Lipinski definition) is 1. The van der Waals surface area contributed by atoms with Gasteiger partial charge in [0.1, 0.15) is 17.6 Å². The van der Waals surface area contributed by atoms with Crippen LogP contribution in [0.5, 0.6) is 11.5 Å². The van der Waals surface area contributed by atoms with Crippen LogP contribution in [-0.2, 0) is 6.42 Å². The third kappa shape index (κ3) is 2.66. The summed E-state index contributed by atoms with van der Waals surface area (Å²) in [5.74, 6) is 8.25. The number of rotatable bonds is 0. The summed E-state index contributed by atoms with van der Waals surface area (Å²) in [6.45, 7) is 8.02. The second-order valence-electron chi connectivity index (χ2n) is 7.08. The summed E-state index contributed by atoms with van der Waals surface area (Å²) >= 11 is 1.73. The molecule has 0 saturated carbocycles. The minimum absolute atomic E-state index is 0.0296. The summed E-state index contributed by atoms with van der Waals surface area (Å²) < 4.78 is 7.50. The van der Waals surface area contributed by atoms with Gasteiger partial charge in [-0.3, -0.25) is 0 Å². The summed E-state index contributed by atoms with van der Waals surface area (Å²) in [6, 6.07) is 8.37. The maximum absolute atomic E-state index is 10.4. The summed E-state index contributed by atoms with van der Waals surface area (Å²) in [4.78, 5) is 0. The SMILES string of the molecule is Cc1c(C)c2c(c(C)c1O)CC(C#Cc1csc3ccccc13)[C@H](C)O2. The van der Waals surface area contributed by atoms with Gasteiger partial charge in [-0.25, -0.2) is 0 Å². The molecule has 3 heteroatoms. The van der Waals surface area contributed by atoms with Gasteiger partial charge in [0, 0.05) is 26.6 Å². The number of benzene rings is 2. The molecule has 1 aliphatic heterocycles. The zero-order chi connectivity index (χ0) is 18.4. The van der Waals surface area contributed by atoms with Crippen LogP contribution >= 0.6 is 11.3 Å². The second-order valence-corrected chi connectivity index (χ2v) is 7.99. The van der Waals surface area contributed by atoms with Gasteiger partial charge >= 0.3 is 0 Å². The number of fused-ring (bicyclic) bond motifs is 2. The molecule has 2 atom stereocenters. The molecule has 0 bridgehead atoms. The topological polar surface area (TPSA) is 29.5 Å². The molecular weight excluding hydrogens is 340 g/mol. The second kappa shape index (κ2) is 6.37. The summed E-state index contributed by atoms with van der Waals surface area (Å²) in [7, 11) is 0. The quantitative estimate of drug-likeness (QED) is 0.533. The van der Waals surface area contributed by atoms with Crippen molar-refractivity contribution in [3.8, 4) is 23.3 Å². The molecule has 2 nitrogen and oxygen atoms in total. The van der Waals surface area contributed by atoms with E-state index in [1.54, 1.807) is 11.3 Å². The normalized spacial score (nSPS) is 18.8. The van der Waals surface area contributed by atoms with Crippen LogP contribution in [0.3, 0.4) is 0 Å². The molecule has 26 heavy (non-hydrogen) atoms. The van der Waals surface area contributed by atoms with Crippen molar-refractivity contribution in [2.75, 3.05) is 0 Å². The highest BCUT2D eigenvalue weighted by atomic mass is 32.1. The zero-order valence-corrected chi connectivity index (χ0v) is 16.3. The smallest absolute Gasteiger partial charge is 0.126 e. The van der Waals surface area contributed by atoms with Crippen molar-refractivity contribution in [2.24, 2.45) is 5.92 Å². The first-order chi connectivity index (χ1) is 12.5. The molecule has 0 radical (unpaired) electrons. The lowest BCUT2D eigenvalue weighted by atomic mass is 9.86. The molecule has 2 aromatic carbocycles. The fourth-order valence-electron chi connectivity index (χ4n) is 3.64. The van der Waals surface area contributed by atoms with Gasteiger partial charge in [-0.05, 0) is 56.9 Å². The molecule has 3 aromatic rings. The van der Waals surface area contributed by atoms with Crippen LogP contribution in [0.1, 0.15) is 34.7 Å². The largest absolute Gasteiger partial charge is 0.507 e. The molecule has 1 aliphatic rings. The van der Waals surface area contributed by atoms with Crippen LogP contribution in [0.4, 0.5) is 0 Å². The van der Waals surface area contributed by atoms with E-state index in [0.717, 1.165) is 40.0 Å². The Hall–Kier alpha value is -2.44. The van der Waals surface area contributed by atoms with Gasteiger partial charge in [0.2, 0.25) is 0 Å². The van der Waals surface area contributed by atoms with Gasteiger partial charge in [-0.15, -0.1) is 11.3 Å². The van der Waals surface area contributed by atoms with E-state index in [4.69, 9.17) is 4.74 Å². The van der Waals surface area contributed by atoms with Crippen LogP contribution in [0, 0.1) is 38.5 Å². The van der Waals surface area contributed by atoms with E-state index >= 15 is 0 Å². The Kier molecular flexibility index (Phi) is 4.17. The third-order valence-electron chi connectivity index (χ3n) is 5.51. The predicted octanol–water partition coefficient (Wildman–Crippen LogP) is 5.52. The Morgan fingerprint density at radius 3 is 2.69 bits per heavy atom. The molecule has 132 valence electrons. The van der Waals surface area contributed by atoms with E-state index < -0.39 is 0 Å². The predicted molar refractivity (Wildman–Crippen MR) is 108 cm³/mol. The number of thiophene rings is 1. The summed E-state index contributed by atoms with van der Waals surface area (Å²) in [6.07, 6.45) is 0.841. The summed E-state index contributed by atoms with van der Waals surface area (Å²) in [5.41, 5.74) is 5.04. The van der Waals surface area contributed by atoms with E-state index in [1.807, 2.05) is 20.8 Å². The first-order valence-corrected chi connectivity index (χ1v) is 9.81. The first kappa shape index (κ1) is 17.0. The van der Waals surface area contributed by atoms with Crippen LogP contribution in [0.25, 0.3) is 10.1 Å². The van der Waals surface area contributed by atoms with Crippen LogP contribution < -0.4 is 4.74 Å². The van der Waals surface area contributed by atoms with Crippen LogP contribution in [0.15, 0.2) is 29.6 Å². The van der Waals surface area contributed by atoms with Crippen LogP contribution in [0.2, 0.25) is 0 Å². The van der Waals surface area contributed by atoms with Gasteiger partial charge in [-0.1, -0.05) is 30.0 Å². The molecule has 0 amide bonds. The minimum atomic E-state index is 0.0296. The minimum Gasteiger partial charge on any atom is -0.507 e. The molecule has 1 unspecified atom stereocenters. The number of aromatic hydroxyl groups is 1. The lowest BCUT2D eigenvalue weighted by Crippen LogP contribution is -2.30. The van der Waals surface area contributed by atoms with Crippen molar-refractivity contribution in [3.63, 3.8) is 0 Å². The highest BCUT2D eigenvalue weighted by molar-refractivity contribution is 7.17.